The minimum Gasteiger partial charge on any atom is -0.377 e. The molecule has 0 fully saturated rings. The predicted octanol–water partition coefficient (Wildman–Crippen LogP) is 1.98. The number of nitrogens with one attached hydrogen (secondary N) is 1. The Labute approximate surface area is 113 Å². The Bertz CT molecular complexity index is 531. The van der Waals surface area contributed by atoms with Crippen molar-refractivity contribution in [1.29, 1.82) is 0 Å². The fraction of sp³-hybridized carbons (Fsp3) is 0.400. The highest BCUT2D eigenvalue weighted by atomic mass is 32.2. The van der Waals surface area contributed by atoms with Crippen LogP contribution < -0.4 is 5.32 Å². The van der Waals surface area contributed by atoms with E-state index >= 15 is 0 Å². The molecule has 0 radical (unpaired) electrons. The molecule has 0 saturated carbocycles. The maximum atomic E-state index is 5.05. The van der Waals surface area contributed by atoms with Gasteiger partial charge < -0.3 is 10.1 Å². The molecular formula is C10H13N5OS2. The Morgan fingerprint density at radius 2 is 2.22 bits per heavy atom. The lowest BCUT2D eigenvalue weighted by molar-refractivity contribution is 0.177. The molecular weight excluding hydrogens is 270 g/mol. The zero-order chi connectivity index (χ0) is 13.0. The monoisotopic (exact) mass is 283 g/mol. The molecule has 2 heterocycles. The van der Waals surface area contributed by atoms with Crippen molar-refractivity contribution in [2.75, 3.05) is 19.5 Å². The normalized spacial score (nSPS) is 10.6. The second-order valence-corrected chi connectivity index (χ2v) is 5.42. The van der Waals surface area contributed by atoms with Gasteiger partial charge in [-0.05, 0) is 30.2 Å². The average Bonchev–Trinajstić information content (AvgIpc) is 2.75. The second kappa shape index (κ2) is 6.07. The zero-order valence-electron chi connectivity index (χ0n) is 10.3. The van der Waals surface area contributed by atoms with Crippen molar-refractivity contribution in [3.05, 3.63) is 17.7 Å². The third kappa shape index (κ3) is 3.37. The number of methoxy groups -OCH3 is 1. The van der Waals surface area contributed by atoms with Gasteiger partial charge in [-0.2, -0.15) is 4.37 Å². The molecule has 6 nitrogen and oxygen atoms in total. The van der Waals surface area contributed by atoms with E-state index < -0.39 is 0 Å². The largest absolute Gasteiger partial charge is 0.377 e. The summed E-state index contributed by atoms with van der Waals surface area (Å²) in [5.74, 6) is 2.19. The highest BCUT2D eigenvalue weighted by Crippen LogP contribution is 2.28. The van der Waals surface area contributed by atoms with Crippen molar-refractivity contribution in [2.24, 2.45) is 0 Å². The summed E-state index contributed by atoms with van der Waals surface area (Å²) in [5.41, 5.74) is 0. The molecule has 0 amide bonds. The van der Waals surface area contributed by atoms with Crippen LogP contribution in [-0.4, -0.2) is 33.5 Å². The molecule has 0 aliphatic carbocycles. The number of ether oxygens (including phenoxy) is 1. The summed E-state index contributed by atoms with van der Waals surface area (Å²) in [4.78, 5) is 13.0. The van der Waals surface area contributed by atoms with Crippen LogP contribution in [0.3, 0.4) is 0 Å². The molecule has 0 spiro atoms. The van der Waals surface area contributed by atoms with Crippen LogP contribution in [-0.2, 0) is 11.3 Å². The maximum absolute atomic E-state index is 5.05. The Balaban J connectivity index is 2.23. The number of nitrogens with zero attached hydrogens (tertiary/aromatic N) is 4. The van der Waals surface area contributed by atoms with E-state index in [1.807, 2.05) is 20.0 Å². The third-order valence-corrected chi connectivity index (χ3v) is 3.74. The van der Waals surface area contributed by atoms with Gasteiger partial charge in [0.15, 0.2) is 10.2 Å². The fourth-order valence-corrected chi connectivity index (χ4v) is 2.87. The van der Waals surface area contributed by atoms with Crippen LogP contribution in [0.25, 0.3) is 0 Å². The highest BCUT2D eigenvalue weighted by Gasteiger charge is 2.08. The molecule has 0 unspecified atom stereocenters. The fourth-order valence-electron chi connectivity index (χ4n) is 1.26. The molecule has 0 aliphatic heterocycles. The van der Waals surface area contributed by atoms with Crippen molar-refractivity contribution in [1.82, 2.24) is 19.3 Å². The van der Waals surface area contributed by atoms with Gasteiger partial charge in [0, 0.05) is 20.2 Å². The van der Waals surface area contributed by atoms with Crippen molar-refractivity contribution in [3.8, 4) is 0 Å². The number of rotatable bonds is 5. The first-order valence-corrected chi connectivity index (χ1v) is 6.83. The number of hydrogen-bond acceptors (Lipinski definition) is 8. The summed E-state index contributed by atoms with van der Waals surface area (Å²) < 4.78 is 10.1. The molecule has 1 N–H and O–H groups in total. The van der Waals surface area contributed by atoms with Gasteiger partial charge in [0.1, 0.15) is 23.3 Å². The minimum atomic E-state index is 0.387. The average molecular weight is 283 g/mol. The summed E-state index contributed by atoms with van der Waals surface area (Å²) in [5, 5.41) is 3.84. The van der Waals surface area contributed by atoms with E-state index in [4.69, 9.17) is 4.74 Å². The Hall–Kier alpha value is -1.25. The van der Waals surface area contributed by atoms with E-state index in [-0.39, 0.29) is 0 Å². The number of anilines is 1. The van der Waals surface area contributed by atoms with Crippen molar-refractivity contribution in [3.63, 3.8) is 0 Å². The summed E-state index contributed by atoms with van der Waals surface area (Å²) in [6.07, 6.45) is 0. The number of aromatic nitrogens is 4. The molecule has 0 aliphatic rings. The lowest BCUT2D eigenvalue weighted by Crippen LogP contribution is -2.02. The molecule has 8 heteroatoms. The standard InChI is InChI=1S/C10H13N5OS2/c1-6-12-10(18-15-6)17-9-4-7(11-2)13-8(14-9)5-16-3/h4H,5H2,1-3H3,(H,11,13,14). The number of hydrogen-bond donors (Lipinski definition) is 1. The molecule has 2 aromatic rings. The van der Waals surface area contributed by atoms with E-state index in [0.29, 0.717) is 12.4 Å². The van der Waals surface area contributed by atoms with Crippen LogP contribution in [0.4, 0.5) is 5.82 Å². The lowest BCUT2D eigenvalue weighted by Gasteiger charge is -2.05. The quantitative estimate of drug-likeness (QED) is 0.841. The minimum absolute atomic E-state index is 0.387. The van der Waals surface area contributed by atoms with Crippen LogP contribution in [0.5, 0.6) is 0 Å². The maximum Gasteiger partial charge on any atom is 0.176 e. The van der Waals surface area contributed by atoms with Gasteiger partial charge in [0.05, 0.1) is 0 Å². The first kappa shape index (κ1) is 13.2. The molecule has 0 aromatic carbocycles. The van der Waals surface area contributed by atoms with Crippen LogP contribution >= 0.6 is 23.3 Å². The number of aryl methyl sites for hydroxylation is 1. The first-order valence-electron chi connectivity index (χ1n) is 5.24. The second-order valence-electron chi connectivity index (χ2n) is 3.40. The van der Waals surface area contributed by atoms with Gasteiger partial charge in [-0.1, -0.05) is 0 Å². The summed E-state index contributed by atoms with van der Waals surface area (Å²) in [6.45, 7) is 2.26. The van der Waals surface area contributed by atoms with Gasteiger partial charge in [0.2, 0.25) is 0 Å². The highest BCUT2D eigenvalue weighted by molar-refractivity contribution is 8.00. The van der Waals surface area contributed by atoms with Gasteiger partial charge in [-0.3, -0.25) is 0 Å². The van der Waals surface area contributed by atoms with Gasteiger partial charge in [-0.25, -0.2) is 15.0 Å². The molecule has 2 rings (SSSR count). The molecule has 0 bridgehead atoms. The van der Waals surface area contributed by atoms with Crippen LogP contribution in [0.1, 0.15) is 11.6 Å². The SMILES string of the molecule is CNc1cc(Sc2nc(C)ns2)nc(COC)n1. The molecule has 0 atom stereocenters. The van der Waals surface area contributed by atoms with Crippen molar-refractivity contribution in [2.45, 2.75) is 22.9 Å². The van der Waals surface area contributed by atoms with Crippen LogP contribution in [0.2, 0.25) is 0 Å². The molecule has 18 heavy (non-hydrogen) atoms. The van der Waals surface area contributed by atoms with Crippen molar-refractivity contribution < 1.29 is 4.74 Å². The smallest absolute Gasteiger partial charge is 0.176 e. The van der Waals surface area contributed by atoms with Gasteiger partial charge in [0.25, 0.3) is 0 Å². The van der Waals surface area contributed by atoms with E-state index in [1.165, 1.54) is 23.3 Å². The van der Waals surface area contributed by atoms with Gasteiger partial charge in [-0.15, -0.1) is 0 Å². The molecule has 0 saturated heterocycles. The van der Waals surface area contributed by atoms with E-state index in [9.17, 15) is 0 Å². The van der Waals surface area contributed by atoms with Crippen LogP contribution in [0, 0.1) is 6.92 Å². The van der Waals surface area contributed by atoms with Gasteiger partial charge >= 0.3 is 0 Å². The van der Waals surface area contributed by atoms with E-state index in [0.717, 1.165) is 21.0 Å². The van der Waals surface area contributed by atoms with E-state index in [2.05, 4.69) is 24.6 Å². The Morgan fingerprint density at radius 1 is 1.39 bits per heavy atom. The first-order chi connectivity index (χ1) is 8.71. The third-order valence-electron chi connectivity index (χ3n) is 1.98. The molecule has 2 aromatic heterocycles. The Morgan fingerprint density at radius 3 is 2.83 bits per heavy atom. The molecule has 96 valence electrons. The summed E-state index contributed by atoms with van der Waals surface area (Å²) in [6, 6.07) is 1.88. The van der Waals surface area contributed by atoms with Crippen molar-refractivity contribution >= 4 is 29.1 Å². The summed E-state index contributed by atoms with van der Waals surface area (Å²) >= 11 is 2.84. The topological polar surface area (TPSA) is 72.8 Å². The Kier molecular flexibility index (Phi) is 4.45. The lowest BCUT2D eigenvalue weighted by atomic mass is 10.5. The van der Waals surface area contributed by atoms with Crippen LogP contribution in [0.15, 0.2) is 15.4 Å². The van der Waals surface area contributed by atoms with E-state index in [1.54, 1.807) is 7.11 Å². The zero-order valence-corrected chi connectivity index (χ0v) is 11.9. The predicted molar refractivity (Wildman–Crippen MR) is 71.1 cm³/mol. The summed E-state index contributed by atoms with van der Waals surface area (Å²) in [7, 11) is 3.44.